The Morgan fingerprint density at radius 1 is 1.43 bits per heavy atom. The summed E-state index contributed by atoms with van der Waals surface area (Å²) in [5.74, 6) is 0.0420. The van der Waals surface area contributed by atoms with Crippen molar-refractivity contribution in [1.29, 1.82) is 0 Å². The van der Waals surface area contributed by atoms with Gasteiger partial charge in [0.2, 0.25) is 5.91 Å². The Bertz CT molecular complexity index is 469. The number of piperidine rings is 1. The number of rotatable bonds is 5. The third-order valence-corrected chi connectivity index (χ3v) is 4.17. The van der Waals surface area contributed by atoms with E-state index in [9.17, 15) is 4.79 Å². The van der Waals surface area contributed by atoms with Crippen LogP contribution in [0.25, 0.3) is 0 Å². The first-order valence-corrected chi connectivity index (χ1v) is 7.59. The van der Waals surface area contributed by atoms with Gasteiger partial charge in [-0.1, -0.05) is 6.07 Å². The van der Waals surface area contributed by atoms with E-state index >= 15 is 0 Å². The molecule has 1 fully saturated rings. The fraction of sp³-hybridized carbons (Fsp3) is 0.562. The topological polar surface area (TPSA) is 61.6 Å². The average molecular weight is 290 g/mol. The SMILES string of the molecule is CN1CCC(N(C)CCC(=O)Nc2cccc(N)c2)CC1. The highest BCUT2D eigenvalue weighted by molar-refractivity contribution is 5.91. The van der Waals surface area contributed by atoms with Gasteiger partial charge in [-0.15, -0.1) is 0 Å². The van der Waals surface area contributed by atoms with Crippen LogP contribution in [0, 0.1) is 0 Å². The van der Waals surface area contributed by atoms with Gasteiger partial charge >= 0.3 is 0 Å². The molecule has 0 aromatic heterocycles. The van der Waals surface area contributed by atoms with Gasteiger partial charge in [-0.3, -0.25) is 4.79 Å². The monoisotopic (exact) mass is 290 g/mol. The van der Waals surface area contributed by atoms with Gasteiger partial charge < -0.3 is 20.9 Å². The third kappa shape index (κ3) is 5.02. The molecular weight excluding hydrogens is 264 g/mol. The van der Waals surface area contributed by atoms with Crippen LogP contribution in [0.3, 0.4) is 0 Å². The molecule has 3 N–H and O–H groups in total. The normalized spacial score (nSPS) is 17.1. The Labute approximate surface area is 127 Å². The minimum atomic E-state index is 0.0420. The molecule has 5 heteroatoms. The molecule has 1 heterocycles. The summed E-state index contributed by atoms with van der Waals surface area (Å²) in [6.07, 6.45) is 2.88. The number of benzene rings is 1. The summed E-state index contributed by atoms with van der Waals surface area (Å²) >= 11 is 0. The van der Waals surface area contributed by atoms with Crippen molar-refractivity contribution in [3.63, 3.8) is 0 Å². The van der Waals surface area contributed by atoms with Crippen molar-refractivity contribution in [1.82, 2.24) is 9.80 Å². The highest BCUT2D eigenvalue weighted by Gasteiger charge is 2.20. The van der Waals surface area contributed by atoms with Gasteiger partial charge in [-0.25, -0.2) is 0 Å². The fourth-order valence-electron chi connectivity index (χ4n) is 2.74. The Balaban J connectivity index is 1.73. The molecule has 0 bridgehead atoms. The molecule has 21 heavy (non-hydrogen) atoms. The van der Waals surface area contributed by atoms with Crippen LogP contribution in [0.2, 0.25) is 0 Å². The molecule has 5 nitrogen and oxygen atoms in total. The summed E-state index contributed by atoms with van der Waals surface area (Å²) in [4.78, 5) is 16.6. The number of nitrogens with zero attached hydrogens (tertiary/aromatic N) is 2. The molecule has 1 saturated heterocycles. The van der Waals surface area contributed by atoms with E-state index in [1.54, 1.807) is 6.07 Å². The minimum Gasteiger partial charge on any atom is -0.399 e. The highest BCUT2D eigenvalue weighted by atomic mass is 16.1. The van der Waals surface area contributed by atoms with Crippen molar-refractivity contribution in [3.8, 4) is 0 Å². The van der Waals surface area contributed by atoms with Gasteiger partial charge in [0, 0.05) is 30.4 Å². The molecule has 1 aromatic rings. The zero-order valence-corrected chi connectivity index (χ0v) is 13.0. The Hall–Kier alpha value is -1.59. The number of nitrogens with two attached hydrogens (primary N) is 1. The molecule has 0 aliphatic carbocycles. The quantitative estimate of drug-likeness (QED) is 0.809. The lowest BCUT2D eigenvalue weighted by atomic mass is 10.0. The smallest absolute Gasteiger partial charge is 0.225 e. The molecule has 2 rings (SSSR count). The van der Waals surface area contributed by atoms with Gasteiger partial charge in [0.05, 0.1) is 0 Å². The molecule has 1 aliphatic heterocycles. The van der Waals surface area contributed by atoms with Crippen LogP contribution in [0.15, 0.2) is 24.3 Å². The minimum absolute atomic E-state index is 0.0420. The van der Waals surface area contributed by atoms with E-state index in [2.05, 4.69) is 29.2 Å². The van der Waals surface area contributed by atoms with Gasteiger partial charge in [0.25, 0.3) is 0 Å². The van der Waals surface area contributed by atoms with E-state index in [1.165, 1.54) is 12.8 Å². The molecule has 0 saturated carbocycles. The van der Waals surface area contributed by atoms with E-state index < -0.39 is 0 Å². The van der Waals surface area contributed by atoms with Crippen molar-refractivity contribution < 1.29 is 4.79 Å². The lowest BCUT2D eigenvalue weighted by Gasteiger charge is -2.35. The second-order valence-electron chi connectivity index (χ2n) is 5.94. The predicted molar refractivity (Wildman–Crippen MR) is 87.3 cm³/mol. The van der Waals surface area contributed by atoms with E-state index in [-0.39, 0.29) is 5.91 Å². The van der Waals surface area contributed by atoms with E-state index in [0.29, 0.717) is 18.2 Å². The Morgan fingerprint density at radius 3 is 2.81 bits per heavy atom. The number of carbonyl (C=O) groups excluding carboxylic acids is 1. The van der Waals surface area contributed by atoms with E-state index in [0.717, 1.165) is 25.3 Å². The second kappa shape index (κ2) is 7.43. The maximum absolute atomic E-state index is 12.0. The highest BCUT2D eigenvalue weighted by Crippen LogP contribution is 2.15. The average Bonchev–Trinajstić information content (AvgIpc) is 2.45. The number of amides is 1. The van der Waals surface area contributed by atoms with Gasteiger partial charge in [0.15, 0.2) is 0 Å². The molecule has 116 valence electrons. The third-order valence-electron chi connectivity index (χ3n) is 4.17. The molecular formula is C16H26N4O. The first-order chi connectivity index (χ1) is 10.0. The van der Waals surface area contributed by atoms with Gasteiger partial charge in [-0.05, 0) is 58.2 Å². The number of anilines is 2. The maximum atomic E-state index is 12.0. The lowest BCUT2D eigenvalue weighted by molar-refractivity contribution is -0.116. The first-order valence-electron chi connectivity index (χ1n) is 7.59. The van der Waals surface area contributed by atoms with Crippen molar-refractivity contribution in [2.45, 2.75) is 25.3 Å². The second-order valence-corrected chi connectivity index (χ2v) is 5.94. The predicted octanol–water partition coefficient (Wildman–Crippen LogP) is 1.62. The van der Waals surface area contributed by atoms with Crippen LogP contribution in [-0.2, 0) is 4.79 Å². The zero-order chi connectivity index (χ0) is 15.2. The van der Waals surface area contributed by atoms with Crippen molar-refractivity contribution in [2.75, 3.05) is 44.8 Å². The standard InChI is InChI=1S/C16H26N4O/c1-19-9-6-15(7-10-19)20(2)11-8-16(21)18-14-5-3-4-13(17)12-14/h3-5,12,15H,6-11,17H2,1-2H3,(H,18,21). The molecule has 0 atom stereocenters. The maximum Gasteiger partial charge on any atom is 0.225 e. The van der Waals surface area contributed by atoms with E-state index in [1.807, 2.05) is 18.2 Å². The number of nitrogens with one attached hydrogen (secondary N) is 1. The van der Waals surface area contributed by atoms with Crippen LogP contribution in [0.1, 0.15) is 19.3 Å². The van der Waals surface area contributed by atoms with Crippen molar-refractivity contribution >= 4 is 17.3 Å². The number of likely N-dealkylation sites (tertiary alicyclic amines) is 1. The van der Waals surface area contributed by atoms with Crippen molar-refractivity contribution in [2.24, 2.45) is 0 Å². The van der Waals surface area contributed by atoms with E-state index in [4.69, 9.17) is 5.73 Å². The molecule has 0 radical (unpaired) electrons. The molecule has 0 spiro atoms. The summed E-state index contributed by atoms with van der Waals surface area (Å²) < 4.78 is 0. The molecule has 1 aliphatic rings. The number of hydrogen-bond acceptors (Lipinski definition) is 4. The molecule has 0 unspecified atom stereocenters. The summed E-state index contributed by atoms with van der Waals surface area (Å²) in [6, 6.07) is 7.88. The number of hydrogen-bond donors (Lipinski definition) is 2. The number of nitrogen functional groups attached to an aromatic ring is 1. The molecule has 1 amide bonds. The summed E-state index contributed by atoms with van der Waals surface area (Å²) in [5, 5.41) is 2.89. The van der Waals surface area contributed by atoms with Crippen LogP contribution in [0.4, 0.5) is 11.4 Å². The molecule has 1 aromatic carbocycles. The Kier molecular flexibility index (Phi) is 5.59. The first kappa shape index (κ1) is 15.8. The van der Waals surface area contributed by atoms with Crippen LogP contribution < -0.4 is 11.1 Å². The fourth-order valence-corrected chi connectivity index (χ4v) is 2.74. The van der Waals surface area contributed by atoms with Crippen LogP contribution >= 0.6 is 0 Å². The summed E-state index contributed by atoms with van der Waals surface area (Å²) in [5.41, 5.74) is 7.13. The zero-order valence-electron chi connectivity index (χ0n) is 13.0. The van der Waals surface area contributed by atoms with Gasteiger partial charge in [-0.2, -0.15) is 0 Å². The largest absolute Gasteiger partial charge is 0.399 e. The van der Waals surface area contributed by atoms with Crippen molar-refractivity contribution in [3.05, 3.63) is 24.3 Å². The number of carbonyl (C=O) groups is 1. The van der Waals surface area contributed by atoms with Crippen LogP contribution in [-0.4, -0.2) is 55.5 Å². The van der Waals surface area contributed by atoms with Gasteiger partial charge in [0.1, 0.15) is 0 Å². The summed E-state index contributed by atoms with van der Waals surface area (Å²) in [7, 11) is 4.28. The summed E-state index contributed by atoms with van der Waals surface area (Å²) in [6.45, 7) is 3.08. The Morgan fingerprint density at radius 2 is 2.14 bits per heavy atom. The van der Waals surface area contributed by atoms with Crippen LogP contribution in [0.5, 0.6) is 0 Å². The lowest BCUT2D eigenvalue weighted by Crippen LogP contribution is -2.42.